The lowest BCUT2D eigenvalue weighted by atomic mass is 10.1. The Morgan fingerprint density at radius 2 is 2.11 bits per heavy atom. The second-order valence-corrected chi connectivity index (χ2v) is 6.31. The molecule has 98 valence electrons. The summed E-state index contributed by atoms with van der Waals surface area (Å²) in [6.07, 6.45) is 1.72. The molecule has 0 saturated carbocycles. The molecule has 1 unspecified atom stereocenters. The van der Waals surface area contributed by atoms with Gasteiger partial charge < -0.3 is 5.32 Å². The number of aryl methyl sites for hydroxylation is 1. The van der Waals surface area contributed by atoms with Crippen LogP contribution in [0.15, 0.2) is 18.3 Å². The van der Waals surface area contributed by atoms with Gasteiger partial charge in [0.05, 0.1) is 23.0 Å². The van der Waals surface area contributed by atoms with E-state index in [-0.39, 0.29) is 6.04 Å². The van der Waals surface area contributed by atoms with Gasteiger partial charge in [-0.25, -0.2) is 0 Å². The average molecular weight is 284 g/mol. The van der Waals surface area contributed by atoms with Crippen LogP contribution < -0.4 is 5.32 Å². The van der Waals surface area contributed by atoms with Crippen molar-refractivity contribution in [3.8, 4) is 0 Å². The average Bonchev–Trinajstić information content (AvgIpc) is 2.88. The maximum atomic E-state index is 6.30. The van der Waals surface area contributed by atoms with Crippen LogP contribution >= 0.6 is 22.9 Å². The number of halogens is 1. The third-order valence-corrected chi connectivity index (χ3v) is 4.24. The normalized spacial score (nSPS) is 13.2. The van der Waals surface area contributed by atoms with Gasteiger partial charge in [0, 0.05) is 15.8 Å². The van der Waals surface area contributed by atoms with Crippen LogP contribution in [0.2, 0.25) is 5.02 Å². The molecule has 0 aromatic carbocycles. The number of hydrogen-bond acceptors (Lipinski definition) is 3. The lowest BCUT2D eigenvalue weighted by Gasteiger charge is -2.19. The third kappa shape index (κ3) is 2.46. The zero-order valence-electron chi connectivity index (χ0n) is 11.1. The SMILES string of the molecule is CNC(c1ccc(C)s1)c1c(Cl)cnn1C(C)C. The van der Waals surface area contributed by atoms with Gasteiger partial charge >= 0.3 is 0 Å². The van der Waals surface area contributed by atoms with Gasteiger partial charge in [-0.15, -0.1) is 11.3 Å². The standard InChI is InChI=1S/C13H18ClN3S/c1-8(2)17-13(10(14)7-16-17)12(15-4)11-6-5-9(3)18-11/h5-8,12,15H,1-4H3. The molecule has 0 amide bonds. The van der Waals surface area contributed by atoms with E-state index in [1.54, 1.807) is 17.5 Å². The van der Waals surface area contributed by atoms with E-state index in [9.17, 15) is 0 Å². The van der Waals surface area contributed by atoms with Crippen molar-refractivity contribution in [2.75, 3.05) is 7.05 Å². The Labute approximate surface area is 117 Å². The van der Waals surface area contributed by atoms with Gasteiger partial charge in [-0.2, -0.15) is 5.10 Å². The molecule has 0 bridgehead atoms. The molecule has 2 heterocycles. The molecule has 1 N–H and O–H groups in total. The molecule has 0 fully saturated rings. The van der Waals surface area contributed by atoms with Crippen LogP contribution in [0.1, 0.15) is 41.4 Å². The van der Waals surface area contributed by atoms with Crippen LogP contribution in [0.25, 0.3) is 0 Å². The Kier molecular flexibility index (Phi) is 4.10. The highest BCUT2D eigenvalue weighted by molar-refractivity contribution is 7.12. The van der Waals surface area contributed by atoms with Crippen molar-refractivity contribution >= 4 is 22.9 Å². The fourth-order valence-electron chi connectivity index (χ4n) is 2.05. The van der Waals surface area contributed by atoms with Gasteiger partial charge in [0.1, 0.15) is 0 Å². The summed E-state index contributed by atoms with van der Waals surface area (Å²) >= 11 is 8.09. The lowest BCUT2D eigenvalue weighted by Crippen LogP contribution is -2.22. The minimum atomic E-state index is 0.0982. The van der Waals surface area contributed by atoms with Crippen molar-refractivity contribution in [2.24, 2.45) is 0 Å². The fourth-order valence-corrected chi connectivity index (χ4v) is 3.29. The molecule has 5 heteroatoms. The molecule has 2 aromatic rings. The highest BCUT2D eigenvalue weighted by Crippen LogP contribution is 2.33. The van der Waals surface area contributed by atoms with E-state index in [1.165, 1.54) is 9.75 Å². The number of nitrogens with one attached hydrogen (secondary N) is 1. The van der Waals surface area contributed by atoms with Gasteiger partial charge in [0.25, 0.3) is 0 Å². The van der Waals surface area contributed by atoms with E-state index >= 15 is 0 Å². The summed E-state index contributed by atoms with van der Waals surface area (Å²) in [5.41, 5.74) is 1.04. The predicted molar refractivity (Wildman–Crippen MR) is 77.6 cm³/mol. The second-order valence-electron chi connectivity index (χ2n) is 4.59. The quantitative estimate of drug-likeness (QED) is 0.925. The highest BCUT2D eigenvalue weighted by Gasteiger charge is 2.23. The number of nitrogens with zero attached hydrogens (tertiary/aromatic N) is 2. The molecule has 3 nitrogen and oxygen atoms in total. The molecule has 2 rings (SSSR count). The third-order valence-electron chi connectivity index (χ3n) is 2.88. The Hall–Kier alpha value is -0.840. The Morgan fingerprint density at radius 1 is 1.39 bits per heavy atom. The fraction of sp³-hybridized carbons (Fsp3) is 0.462. The van der Waals surface area contributed by atoms with E-state index in [4.69, 9.17) is 11.6 Å². The molecular formula is C13H18ClN3S. The first kappa shape index (κ1) is 13.6. The van der Waals surface area contributed by atoms with Gasteiger partial charge in [-0.3, -0.25) is 4.68 Å². The largest absolute Gasteiger partial charge is 0.307 e. The lowest BCUT2D eigenvalue weighted by molar-refractivity contribution is 0.486. The monoisotopic (exact) mass is 283 g/mol. The molecule has 0 spiro atoms. The van der Waals surface area contributed by atoms with E-state index in [0.29, 0.717) is 11.1 Å². The van der Waals surface area contributed by atoms with Gasteiger partial charge in [0.2, 0.25) is 0 Å². The van der Waals surface area contributed by atoms with Crippen molar-refractivity contribution in [1.29, 1.82) is 0 Å². The Morgan fingerprint density at radius 3 is 2.61 bits per heavy atom. The number of aromatic nitrogens is 2. The summed E-state index contributed by atoms with van der Waals surface area (Å²) in [7, 11) is 1.95. The molecule has 2 aromatic heterocycles. The second kappa shape index (κ2) is 5.43. The van der Waals surface area contributed by atoms with Crippen molar-refractivity contribution in [1.82, 2.24) is 15.1 Å². The van der Waals surface area contributed by atoms with Crippen LogP contribution in [-0.4, -0.2) is 16.8 Å². The van der Waals surface area contributed by atoms with E-state index in [0.717, 1.165) is 5.69 Å². The van der Waals surface area contributed by atoms with Crippen LogP contribution in [0.3, 0.4) is 0 Å². The molecule has 18 heavy (non-hydrogen) atoms. The summed E-state index contributed by atoms with van der Waals surface area (Å²) < 4.78 is 1.98. The summed E-state index contributed by atoms with van der Waals surface area (Å²) in [6.45, 7) is 6.33. The molecule has 0 radical (unpaired) electrons. The number of hydrogen-bond donors (Lipinski definition) is 1. The van der Waals surface area contributed by atoms with E-state index in [2.05, 4.69) is 43.3 Å². The van der Waals surface area contributed by atoms with Gasteiger partial charge in [0.15, 0.2) is 0 Å². The number of thiophene rings is 1. The summed E-state index contributed by atoms with van der Waals surface area (Å²) in [5.74, 6) is 0. The first-order valence-corrected chi connectivity index (χ1v) is 7.20. The minimum Gasteiger partial charge on any atom is -0.307 e. The maximum absolute atomic E-state index is 6.30. The molecule has 0 saturated heterocycles. The predicted octanol–water partition coefficient (Wildman–Crippen LogP) is 3.80. The van der Waals surface area contributed by atoms with Crippen LogP contribution in [0.4, 0.5) is 0 Å². The van der Waals surface area contributed by atoms with Crippen molar-refractivity contribution in [2.45, 2.75) is 32.9 Å². The molecule has 0 aliphatic carbocycles. The highest BCUT2D eigenvalue weighted by atomic mass is 35.5. The smallest absolute Gasteiger partial charge is 0.0854 e. The molecule has 0 aliphatic rings. The van der Waals surface area contributed by atoms with Gasteiger partial charge in [-0.05, 0) is 40.0 Å². The van der Waals surface area contributed by atoms with Crippen LogP contribution in [-0.2, 0) is 0 Å². The van der Waals surface area contributed by atoms with Crippen LogP contribution in [0.5, 0.6) is 0 Å². The molecule has 1 atom stereocenters. The first-order valence-electron chi connectivity index (χ1n) is 6.01. The summed E-state index contributed by atoms with van der Waals surface area (Å²) in [4.78, 5) is 2.57. The van der Waals surface area contributed by atoms with Crippen molar-refractivity contribution in [3.05, 3.63) is 38.8 Å². The summed E-state index contributed by atoms with van der Waals surface area (Å²) in [6, 6.07) is 4.68. The zero-order chi connectivity index (χ0) is 13.3. The van der Waals surface area contributed by atoms with Crippen LogP contribution in [0, 0.1) is 6.92 Å². The molecular weight excluding hydrogens is 266 g/mol. The van der Waals surface area contributed by atoms with E-state index in [1.807, 2.05) is 11.7 Å². The topological polar surface area (TPSA) is 29.9 Å². The zero-order valence-corrected chi connectivity index (χ0v) is 12.6. The molecule has 0 aliphatic heterocycles. The maximum Gasteiger partial charge on any atom is 0.0854 e. The summed E-state index contributed by atoms with van der Waals surface area (Å²) in [5, 5.41) is 8.42. The van der Waals surface area contributed by atoms with Gasteiger partial charge in [-0.1, -0.05) is 11.6 Å². The van der Waals surface area contributed by atoms with Crippen molar-refractivity contribution < 1.29 is 0 Å². The van der Waals surface area contributed by atoms with Crippen molar-refractivity contribution in [3.63, 3.8) is 0 Å². The minimum absolute atomic E-state index is 0.0982. The number of rotatable bonds is 4. The van der Waals surface area contributed by atoms with E-state index < -0.39 is 0 Å². The Balaban J connectivity index is 2.47. The first-order chi connectivity index (χ1) is 8.54. The Bertz CT molecular complexity index is 530.